The van der Waals surface area contributed by atoms with Gasteiger partial charge in [-0.15, -0.1) is 0 Å². The molecule has 1 heterocycles. The summed E-state index contributed by atoms with van der Waals surface area (Å²) < 4.78 is 10.4. The quantitative estimate of drug-likeness (QED) is 0.582. The molecule has 2 N–H and O–H groups in total. The zero-order chi connectivity index (χ0) is 11.4. The van der Waals surface area contributed by atoms with Crippen LogP contribution in [-0.4, -0.2) is 31.8 Å². The molecule has 2 aliphatic rings. The minimum atomic E-state index is -0.411. The van der Waals surface area contributed by atoms with Gasteiger partial charge in [0.2, 0.25) is 0 Å². The van der Waals surface area contributed by atoms with Crippen molar-refractivity contribution in [3.8, 4) is 0 Å². The topological polar surface area (TPSA) is 61.6 Å². The van der Waals surface area contributed by atoms with E-state index in [0.29, 0.717) is 19.8 Å². The Morgan fingerprint density at radius 1 is 1.25 bits per heavy atom. The van der Waals surface area contributed by atoms with E-state index < -0.39 is 5.41 Å². The lowest BCUT2D eigenvalue weighted by atomic mass is 9.80. The Hall–Kier alpha value is -0.610. The molecular formula is C12H21NO3. The first-order chi connectivity index (χ1) is 7.77. The molecule has 1 saturated carbocycles. The van der Waals surface area contributed by atoms with E-state index in [1.54, 1.807) is 0 Å². The molecule has 0 amide bonds. The number of ether oxygens (including phenoxy) is 2. The predicted molar refractivity (Wildman–Crippen MR) is 59.9 cm³/mol. The number of hydrogen-bond acceptors (Lipinski definition) is 4. The third-order valence-electron chi connectivity index (χ3n) is 3.77. The van der Waals surface area contributed by atoms with Gasteiger partial charge in [-0.1, -0.05) is 25.7 Å². The number of esters is 1. The summed E-state index contributed by atoms with van der Waals surface area (Å²) in [5.41, 5.74) is 5.40. The van der Waals surface area contributed by atoms with Gasteiger partial charge < -0.3 is 15.2 Å². The summed E-state index contributed by atoms with van der Waals surface area (Å²) in [5.74, 6) is -0.0924. The number of rotatable bonds is 3. The average molecular weight is 227 g/mol. The molecule has 2 fully saturated rings. The molecule has 1 saturated heterocycles. The van der Waals surface area contributed by atoms with Crippen molar-refractivity contribution in [3.63, 3.8) is 0 Å². The van der Waals surface area contributed by atoms with Gasteiger partial charge in [-0.25, -0.2) is 0 Å². The molecule has 92 valence electrons. The van der Waals surface area contributed by atoms with E-state index in [1.165, 1.54) is 12.8 Å². The van der Waals surface area contributed by atoms with Gasteiger partial charge in [-0.2, -0.15) is 0 Å². The van der Waals surface area contributed by atoms with Crippen LogP contribution in [0.1, 0.15) is 38.5 Å². The van der Waals surface area contributed by atoms with Crippen molar-refractivity contribution < 1.29 is 14.3 Å². The maximum absolute atomic E-state index is 12.1. The third-order valence-corrected chi connectivity index (χ3v) is 3.77. The fourth-order valence-electron chi connectivity index (χ4n) is 2.46. The van der Waals surface area contributed by atoms with Crippen LogP contribution in [0.5, 0.6) is 0 Å². The third kappa shape index (κ3) is 2.38. The summed E-state index contributed by atoms with van der Waals surface area (Å²) in [7, 11) is 0. The normalized spacial score (nSPS) is 25.6. The maximum Gasteiger partial charge on any atom is 0.313 e. The molecule has 0 unspecified atom stereocenters. The van der Waals surface area contributed by atoms with Gasteiger partial charge in [0.25, 0.3) is 0 Å². The van der Waals surface area contributed by atoms with Crippen LogP contribution >= 0.6 is 0 Å². The van der Waals surface area contributed by atoms with E-state index in [1.807, 2.05) is 0 Å². The summed E-state index contributed by atoms with van der Waals surface area (Å²) in [4.78, 5) is 12.1. The summed E-state index contributed by atoms with van der Waals surface area (Å²) in [5, 5.41) is 0. The van der Waals surface area contributed by atoms with E-state index >= 15 is 0 Å². The monoisotopic (exact) mass is 227 g/mol. The number of nitrogens with two attached hydrogens (primary N) is 1. The van der Waals surface area contributed by atoms with E-state index in [4.69, 9.17) is 15.2 Å². The zero-order valence-corrected chi connectivity index (χ0v) is 9.74. The molecule has 0 aromatic carbocycles. The summed E-state index contributed by atoms with van der Waals surface area (Å²) in [6, 6.07) is 0. The number of carbonyl (C=O) groups is 1. The first-order valence-corrected chi connectivity index (χ1v) is 6.26. The Morgan fingerprint density at radius 2 is 1.88 bits per heavy atom. The Morgan fingerprint density at radius 3 is 2.31 bits per heavy atom. The van der Waals surface area contributed by atoms with E-state index in [0.717, 1.165) is 25.7 Å². The average Bonchev–Trinajstić information content (AvgIpc) is 2.49. The van der Waals surface area contributed by atoms with Crippen molar-refractivity contribution in [3.05, 3.63) is 0 Å². The predicted octanol–water partition coefficient (Wildman–Crippen LogP) is 1.23. The molecule has 0 spiro atoms. The van der Waals surface area contributed by atoms with E-state index in [-0.39, 0.29) is 12.1 Å². The van der Waals surface area contributed by atoms with Crippen molar-refractivity contribution in [2.24, 2.45) is 11.1 Å². The maximum atomic E-state index is 12.1. The molecule has 2 rings (SSSR count). The Balaban J connectivity index is 1.96. The first kappa shape index (κ1) is 11.9. The Kier molecular flexibility index (Phi) is 3.82. The molecule has 0 bridgehead atoms. The van der Waals surface area contributed by atoms with Gasteiger partial charge >= 0.3 is 5.97 Å². The first-order valence-electron chi connectivity index (χ1n) is 6.26. The van der Waals surface area contributed by atoms with Crippen LogP contribution in [0.4, 0.5) is 0 Å². The van der Waals surface area contributed by atoms with Crippen LogP contribution in [-0.2, 0) is 14.3 Å². The number of hydrogen-bond donors (Lipinski definition) is 1. The van der Waals surface area contributed by atoms with Crippen molar-refractivity contribution >= 4 is 5.97 Å². The van der Waals surface area contributed by atoms with Crippen LogP contribution in [0.25, 0.3) is 0 Å². The molecular weight excluding hydrogens is 206 g/mol. The zero-order valence-electron chi connectivity index (χ0n) is 9.74. The second-order valence-corrected chi connectivity index (χ2v) is 4.96. The van der Waals surface area contributed by atoms with Gasteiger partial charge in [0.1, 0.15) is 6.10 Å². The van der Waals surface area contributed by atoms with Crippen LogP contribution in [0.3, 0.4) is 0 Å². The van der Waals surface area contributed by atoms with Crippen LogP contribution < -0.4 is 5.73 Å². The fourth-order valence-corrected chi connectivity index (χ4v) is 2.46. The molecule has 0 aromatic heterocycles. The van der Waals surface area contributed by atoms with Crippen molar-refractivity contribution in [2.45, 2.75) is 44.6 Å². The van der Waals surface area contributed by atoms with Gasteiger partial charge in [0, 0.05) is 6.54 Å². The lowest BCUT2D eigenvalue weighted by Gasteiger charge is -2.33. The summed E-state index contributed by atoms with van der Waals surface area (Å²) >= 11 is 0. The lowest BCUT2D eigenvalue weighted by molar-refractivity contribution is -0.183. The molecule has 0 radical (unpaired) electrons. The molecule has 0 aromatic rings. The van der Waals surface area contributed by atoms with Gasteiger partial charge in [-0.05, 0) is 12.8 Å². The SMILES string of the molecule is NCC1(C(=O)OC2COC2)CCCCCC1. The Labute approximate surface area is 96.5 Å². The molecule has 4 nitrogen and oxygen atoms in total. The minimum Gasteiger partial charge on any atom is -0.457 e. The highest BCUT2D eigenvalue weighted by Crippen LogP contribution is 2.35. The Bertz CT molecular complexity index is 243. The second-order valence-electron chi connectivity index (χ2n) is 4.96. The standard InChI is InChI=1S/C12H21NO3/c13-9-12(5-3-1-2-4-6-12)11(14)16-10-7-15-8-10/h10H,1-9,13H2. The number of carbonyl (C=O) groups excluding carboxylic acids is 1. The van der Waals surface area contributed by atoms with Crippen molar-refractivity contribution in [2.75, 3.05) is 19.8 Å². The highest BCUT2D eigenvalue weighted by atomic mass is 16.6. The molecule has 1 aliphatic carbocycles. The van der Waals surface area contributed by atoms with Gasteiger partial charge in [0.15, 0.2) is 0 Å². The van der Waals surface area contributed by atoms with Crippen molar-refractivity contribution in [1.82, 2.24) is 0 Å². The van der Waals surface area contributed by atoms with Crippen molar-refractivity contribution in [1.29, 1.82) is 0 Å². The summed E-state index contributed by atoms with van der Waals surface area (Å²) in [6.45, 7) is 1.51. The van der Waals surface area contributed by atoms with Crippen LogP contribution in [0, 0.1) is 5.41 Å². The minimum absolute atomic E-state index is 0.0285. The lowest BCUT2D eigenvalue weighted by Crippen LogP contribution is -2.45. The van der Waals surface area contributed by atoms with Gasteiger partial charge in [0.05, 0.1) is 18.6 Å². The molecule has 0 atom stereocenters. The fraction of sp³-hybridized carbons (Fsp3) is 0.917. The molecule has 4 heteroatoms. The molecule has 1 aliphatic heterocycles. The largest absolute Gasteiger partial charge is 0.457 e. The highest BCUT2D eigenvalue weighted by Gasteiger charge is 2.40. The highest BCUT2D eigenvalue weighted by molar-refractivity contribution is 5.77. The molecule has 16 heavy (non-hydrogen) atoms. The van der Waals surface area contributed by atoms with E-state index in [2.05, 4.69) is 0 Å². The smallest absolute Gasteiger partial charge is 0.313 e. The van der Waals surface area contributed by atoms with Gasteiger partial charge in [-0.3, -0.25) is 4.79 Å². The second kappa shape index (κ2) is 5.15. The van der Waals surface area contributed by atoms with E-state index in [9.17, 15) is 4.79 Å². The summed E-state index contributed by atoms with van der Waals surface area (Å²) in [6.07, 6.45) is 6.34. The van der Waals surface area contributed by atoms with Crippen LogP contribution in [0.2, 0.25) is 0 Å². The van der Waals surface area contributed by atoms with Crippen LogP contribution in [0.15, 0.2) is 0 Å².